The van der Waals surface area contributed by atoms with E-state index in [4.69, 9.17) is 0 Å². The molecule has 8 nitrogen and oxygen atoms in total. The molecule has 29 heavy (non-hydrogen) atoms. The molecule has 2 aliphatic heterocycles. The number of aromatic nitrogens is 3. The third kappa shape index (κ3) is 4.21. The minimum Gasteiger partial charge on any atom is -0.352 e. The predicted molar refractivity (Wildman–Crippen MR) is 108 cm³/mol. The van der Waals surface area contributed by atoms with Gasteiger partial charge in [0.15, 0.2) is 0 Å². The van der Waals surface area contributed by atoms with Crippen LogP contribution in [0.3, 0.4) is 0 Å². The van der Waals surface area contributed by atoms with Crippen molar-refractivity contribution in [2.24, 2.45) is 5.92 Å². The van der Waals surface area contributed by atoms with E-state index < -0.39 is 0 Å². The van der Waals surface area contributed by atoms with Gasteiger partial charge < -0.3 is 14.7 Å². The van der Waals surface area contributed by atoms with E-state index in [9.17, 15) is 9.59 Å². The lowest BCUT2D eigenvalue weighted by atomic mass is 10.1. The van der Waals surface area contributed by atoms with Crippen molar-refractivity contribution in [2.75, 3.05) is 37.6 Å². The Bertz CT molecular complexity index is 895. The number of amides is 2. The number of piperazine rings is 1. The average Bonchev–Trinajstić information content (AvgIpc) is 3.10. The van der Waals surface area contributed by atoms with Crippen molar-refractivity contribution >= 4 is 17.6 Å². The number of hydrogen-bond acceptors (Lipinski definition) is 6. The van der Waals surface area contributed by atoms with Crippen LogP contribution in [0.25, 0.3) is 0 Å². The van der Waals surface area contributed by atoms with Gasteiger partial charge in [0.2, 0.25) is 11.8 Å². The zero-order chi connectivity index (χ0) is 20.4. The second kappa shape index (κ2) is 8.14. The molecule has 2 aromatic rings. The van der Waals surface area contributed by atoms with Crippen LogP contribution < -0.4 is 4.90 Å². The molecular formula is C21H26N6O2. The molecule has 2 fully saturated rings. The van der Waals surface area contributed by atoms with Gasteiger partial charge in [0.25, 0.3) is 0 Å². The largest absolute Gasteiger partial charge is 0.352 e. The molecule has 2 saturated heterocycles. The fourth-order valence-electron chi connectivity index (χ4n) is 4.02. The summed E-state index contributed by atoms with van der Waals surface area (Å²) in [7, 11) is 0. The Kier molecular flexibility index (Phi) is 5.42. The van der Waals surface area contributed by atoms with E-state index in [-0.39, 0.29) is 17.7 Å². The summed E-state index contributed by atoms with van der Waals surface area (Å²) in [4.78, 5) is 44.3. The first-order valence-electron chi connectivity index (χ1n) is 10.0. The van der Waals surface area contributed by atoms with Gasteiger partial charge in [-0.3, -0.25) is 19.6 Å². The molecule has 0 bridgehead atoms. The molecule has 0 aromatic carbocycles. The van der Waals surface area contributed by atoms with Crippen LogP contribution in [0.1, 0.15) is 23.4 Å². The topological polar surface area (TPSA) is 82.5 Å². The zero-order valence-corrected chi connectivity index (χ0v) is 16.9. The Labute approximate surface area is 170 Å². The molecule has 4 rings (SSSR count). The van der Waals surface area contributed by atoms with Gasteiger partial charge >= 0.3 is 0 Å². The number of hydrogen-bond donors (Lipinski definition) is 0. The number of anilines is 1. The summed E-state index contributed by atoms with van der Waals surface area (Å²) >= 11 is 0. The smallest absolute Gasteiger partial charge is 0.228 e. The number of likely N-dealkylation sites (tertiary alicyclic amines) is 1. The van der Waals surface area contributed by atoms with Crippen molar-refractivity contribution in [3.05, 3.63) is 47.7 Å². The summed E-state index contributed by atoms with van der Waals surface area (Å²) in [5.74, 6) is 0.761. The van der Waals surface area contributed by atoms with E-state index in [1.807, 2.05) is 30.9 Å². The summed E-state index contributed by atoms with van der Waals surface area (Å²) < 4.78 is 0. The van der Waals surface area contributed by atoms with Crippen LogP contribution in [0.5, 0.6) is 0 Å². The van der Waals surface area contributed by atoms with Gasteiger partial charge in [-0.15, -0.1) is 0 Å². The molecule has 2 amide bonds. The standard InChI is InChI=1S/C21H26N6O2/c1-15-11-23-16(2)20(24-15)25-6-8-26(9-7-25)21(29)18-10-19(28)27(14-18)13-17-4-3-5-22-12-17/h3-5,11-12,18H,6-10,13-14H2,1-2H3. The van der Waals surface area contributed by atoms with Crippen LogP contribution in [-0.2, 0) is 16.1 Å². The second-order valence-corrected chi connectivity index (χ2v) is 7.77. The number of nitrogens with zero attached hydrogens (tertiary/aromatic N) is 6. The lowest BCUT2D eigenvalue weighted by Gasteiger charge is -2.36. The molecule has 0 N–H and O–H groups in total. The van der Waals surface area contributed by atoms with Crippen LogP contribution >= 0.6 is 0 Å². The van der Waals surface area contributed by atoms with E-state index in [1.165, 1.54) is 0 Å². The van der Waals surface area contributed by atoms with Gasteiger partial charge in [-0.25, -0.2) is 4.98 Å². The first-order valence-corrected chi connectivity index (χ1v) is 10.0. The lowest BCUT2D eigenvalue weighted by molar-refractivity contribution is -0.136. The van der Waals surface area contributed by atoms with Crippen LogP contribution in [-0.4, -0.2) is 69.3 Å². The molecule has 4 heterocycles. The fraction of sp³-hybridized carbons (Fsp3) is 0.476. The highest BCUT2D eigenvalue weighted by atomic mass is 16.2. The molecule has 1 atom stereocenters. The fourth-order valence-corrected chi connectivity index (χ4v) is 4.02. The van der Waals surface area contributed by atoms with Gasteiger partial charge in [0, 0.05) is 64.3 Å². The predicted octanol–water partition coefficient (Wildman–Crippen LogP) is 1.19. The number of aryl methyl sites for hydroxylation is 2. The Morgan fingerprint density at radius 2 is 1.97 bits per heavy atom. The van der Waals surface area contributed by atoms with Crippen molar-refractivity contribution in [2.45, 2.75) is 26.8 Å². The Hall–Kier alpha value is -3.03. The average molecular weight is 394 g/mol. The molecular weight excluding hydrogens is 368 g/mol. The maximum absolute atomic E-state index is 13.0. The maximum Gasteiger partial charge on any atom is 0.228 e. The molecule has 0 saturated carbocycles. The number of rotatable bonds is 4. The van der Waals surface area contributed by atoms with E-state index >= 15 is 0 Å². The van der Waals surface area contributed by atoms with Crippen molar-refractivity contribution in [1.82, 2.24) is 24.8 Å². The van der Waals surface area contributed by atoms with E-state index in [0.29, 0.717) is 32.6 Å². The van der Waals surface area contributed by atoms with Gasteiger partial charge in [-0.2, -0.15) is 0 Å². The minimum atomic E-state index is -0.258. The van der Waals surface area contributed by atoms with Crippen molar-refractivity contribution < 1.29 is 9.59 Å². The molecule has 1 unspecified atom stereocenters. The van der Waals surface area contributed by atoms with Gasteiger partial charge in [0.1, 0.15) is 5.82 Å². The van der Waals surface area contributed by atoms with Crippen molar-refractivity contribution in [1.29, 1.82) is 0 Å². The first kappa shape index (κ1) is 19.3. The van der Waals surface area contributed by atoms with E-state index in [1.54, 1.807) is 23.5 Å². The van der Waals surface area contributed by atoms with Crippen LogP contribution in [0.15, 0.2) is 30.7 Å². The van der Waals surface area contributed by atoms with Gasteiger partial charge in [-0.1, -0.05) is 6.07 Å². The minimum absolute atomic E-state index is 0.0384. The molecule has 2 aliphatic rings. The summed E-state index contributed by atoms with van der Waals surface area (Å²) in [5, 5.41) is 0. The van der Waals surface area contributed by atoms with Crippen LogP contribution in [0.2, 0.25) is 0 Å². The molecule has 8 heteroatoms. The summed E-state index contributed by atoms with van der Waals surface area (Å²) in [6.07, 6.45) is 5.54. The maximum atomic E-state index is 13.0. The second-order valence-electron chi connectivity index (χ2n) is 7.77. The Morgan fingerprint density at radius 3 is 2.69 bits per heavy atom. The summed E-state index contributed by atoms with van der Waals surface area (Å²) in [6.45, 7) is 7.62. The third-order valence-electron chi connectivity index (χ3n) is 5.60. The highest BCUT2D eigenvalue weighted by Gasteiger charge is 2.37. The molecule has 2 aromatic heterocycles. The Morgan fingerprint density at radius 1 is 1.17 bits per heavy atom. The number of carbonyl (C=O) groups is 2. The quantitative estimate of drug-likeness (QED) is 0.775. The monoisotopic (exact) mass is 394 g/mol. The summed E-state index contributed by atoms with van der Waals surface area (Å²) in [5.41, 5.74) is 2.78. The molecule has 0 aliphatic carbocycles. The normalized spacial score (nSPS) is 19.7. The Balaban J connectivity index is 1.34. The SMILES string of the molecule is Cc1cnc(C)c(N2CCN(C(=O)C3CC(=O)N(Cc4cccnc4)C3)CC2)n1. The molecule has 152 valence electrons. The highest BCUT2D eigenvalue weighted by Crippen LogP contribution is 2.24. The summed E-state index contributed by atoms with van der Waals surface area (Å²) in [6, 6.07) is 3.81. The molecule has 0 radical (unpaired) electrons. The highest BCUT2D eigenvalue weighted by molar-refractivity contribution is 5.89. The van der Waals surface area contributed by atoms with Crippen molar-refractivity contribution in [3.63, 3.8) is 0 Å². The first-order chi connectivity index (χ1) is 14.0. The van der Waals surface area contributed by atoms with E-state index in [0.717, 1.165) is 35.9 Å². The van der Waals surface area contributed by atoms with Crippen molar-refractivity contribution in [3.8, 4) is 0 Å². The van der Waals surface area contributed by atoms with Crippen LogP contribution in [0.4, 0.5) is 5.82 Å². The van der Waals surface area contributed by atoms with Gasteiger partial charge in [-0.05, 0) is 25.5 Å². The zero-order valence-electron chi connectivity index (χ0n) is 16.9. The third-order valence-corrected chi connectivity index (χ3v) is 5.60. The van der Waals surface area contributed by atoms with E-state index in [2.05, 4.69) is 19.9 Å². The van der Waals surface area contributed by atoms with Gasteiger partial charge in [0.05, 0.1) is 17.3 Å². The number of carbonyl (C=O) groups excluding carboxylic acids is 2. The molecule has 0 spiro atoms. The number of pyridine rings is 1. The van der Waals surface area contributed by atoms with Crippen LogP contribution in [0, 0.1) is 19.8 Å². The lowest BCUT2D eigenvalue weighted by Crippen LogP contribution is -2.51.